The third-order valence-corrected chi connectivity index (χ3v) is 2.56. The molecule has 1 fully saturated rings. The minimum Gasteiger partial charge on any atom is -0.363 e. The standard InChI is InChI=1S/C10H11FN2S/c11-8-3-1-7(2-4-8)9-5-6-12-10(14)13-9/h1-4,9H,5-6H2,(H2,12,13,14). The Labute approximate surface area is 87.5 Å². The van der Waals surface area contributed by atoms with Gasteiger partial charge in [0.2, 0.25) is 0 Å². The van der Waals surface area contributed by atoms with Crippen molar-refractivity contribution in [1.29, 1.82) is 0 Å². The Bertz CT molecular complexity index is 336. The van der Waals surface area contributed by atoms with Gasteiger partial charge in [-0.15, -0.1) is 0 Å². The van der Waals surface area contributed by atoms with Crippen LogP contribution in [0.25, 0.3) is 0 Å². The molecule has 1 aromatic rings. The second-order valence-electron chi connectivity index (χ2n) is 3.29. The molecule has 1 aliphatic heterocycles. The topological polar surface area (TPSA) is 24.1 Å². The fraction of sp³-hybridized carbons (Fsp3) is 0.300. The molecule has 0 bridgehead atoms. The van der Waals surface area contributed by atoms with Crippen molar-refractivity contribution in [3.05, 3.63) is 35.6 Å². The summed E-state index contributed by atoms with van der Waals surface area (Å²) in [6.07, 6.45) is 0.964. The second kappa shape index (κ2) is 3.92. The molecule has 2 N–H and O–H groups in total. The van der Waals surface area contributed by atoms with Crippen LogP contribution in [-0.2, 0) is 0 Å². The summed E-state index contributed by atoms with van der Waals surface area (Å²) in [5.41, 5.74) is 1.08. The van der Waals surface area contributed by atoms with E-state index in [2.05, 4.69) is 10.6 Å². The lowest BCUT2D eigenvalue weighted by atomic mass is 10.0. The molecule has 1 aromatic carbocycles. The monoisotopic (exact) mass is 210 g/mol. The highest BCUT2D eigenvalue weighted by atomic mass is 32.1. The summed E-state index contributed by atoms with van der Waals surface area (Å²) in [4.78, 5) is 0. The molecule has 1 saturated heterocycles. The maximum absolute atomic E-state index is 12.7. The predicted octanol–water partition coefficient (Wildman–Crippen LogP) is 1.73. The summed E-state index contributed by atoms with van der Waals surface area (Å²) >= 11 is 5.01. The molecule has 1 aliphatic rings. The summed E-state index contributed by atoms with van der Waals surface area (Å²) in [6.45, 7) is 0.869. The molecular formula is C10H11FN2S. The number of rotatable bonds is 1. The molecular weight excluding hydrogens is 199 g/mol. The van der Waals surface area contributed by atoms with Crippen molar-refractivity contribution in [3.63, 3.8) is 0 Å². The highest BCUT2D eigenvalue weighted by molar-refractivity contribution is 7.80. The van der Waals surface area contributed by atoms with Crippen molar-refractivity contribution in [2.24, 2.45) is 0 Å². The van der Waals surface area contributed by atoms with Crippen molar-refractivity contribution in [1.82, 2.24) is 10.6 Å². The van der Waals surface area contributed by atoms with Crippen molar-refractivity contribution >= 4 is 17.3 Å². The van der Waals surface area contributed by atoms with Crippen LogP contribution >= 0.6 is 12.2 Å². The van der Waals surface area contributed by atoms with Crippen LogP contribution < -0.4 is 10.6 Å². The SMILES string of the molecule is Fc1ccc(C2CCNC(=S)N2)cc1. The minimum absolute atomic E-state index is 0.203. The van der Waals surface area contributed by atoms with E-state index in [4.69, 9.17) is 12.2 Å². The van der Waals surface area contributed by atoms with Gasteiger partial charge in [0, 0.05) is 6.54 Å². The van der Waals surface area contributed by atoms with Crippen molar-refractivity contribution < 1.29 is 4.39 Å². The van der Waals surface area contributed by atoms with Gasteiger partial charge in [-0.25, -0.2) is 4.39 Å². The molecule has 2 nitrogen and oxygen atoms in total. The minimum atomic E-state index is -0.203. The summed E-state index contributed by atoms with van der Waals surface area (Å²) in [5.74, 6) is -0.203. The Morgan fingerprint density at radius 2 is 2.00 bits per heavy atom. The average Bonchev–Trinajstić information content (AvgIpc) is 2.19. The maximum Gasteiger partial charge on any atom is 0.166 e. The maximum atomic E-state index is 12.7. The summed E-state index contributed by atoms with van der Waals surface area (Å²) in [5, 5.41) is 6.86. The Morgan fingerprint density at radius 3 is 2.64 bits per heavy atom. The first-order valence-corrected chi connectivity index (χ1v) is 4.96. The average molecular weight is 210 g/mol. The van der Waals surface area contributed by atoms with Gasteiger partial charge in [0.15, 0.2) is 5.11 Å². The van der Waals surface area contributed by atoms with Gasteiger partial charge in [-0.05, 0) is 36.3 Å². The Balaban J connectivity index is 2.14. The fourth-order valence-corrected chi connectivity index (χ4v) is 1.80. The van der Waals surface area contributed by atoms with Crippen LogP contribution in [0.5, 0.6) is 0 Å². The zero-order valence-electron chi connectivity index (χ0n) is 7.59. The predicted molar refractivity (Wildman–Crippen MR) is 57.5 cm³/mol. The molecule has 0 amide bonds. The fourth-order valence-electron chi connectivity index (χ4n) is 1.56. The van der Waals surface area contributed by atoms with E-state index in [1.807, 2.05) is 0 Å². The Hall–Kier alpha value is -1.16. The van der Waals surface area contributed by atoms with E-state index in [1.54, 1.807) is 12.1 Å². The molecule has 0 radical (unpaired) electrons. The number of hydrogen-bond donors (Lipinski definition) is 2. The van der Waals surface area contributed by atoms with Crippen molar-refractivity contribution in [2.45, 2.75) is 12.5 Å². The van der Waals surface area contributed by atoms with E-state index in [0.29, 0.717) is 5.11 Å². The van der Waals surface area contributed by atoms with Gasteiger partial charge in [0.25, 0.3) is 0 Å². The van der Waals surface area contributed by atoms with Crippen molar-refractivity contribution in [3.8, 4) is 0 Å². The van der Waals surface area contributed by atoms with E-state index in [9.17, 15) is 4.39 Å². The summed E-state index contributed by atoms with van der Waals surface area (Å²) < 4.78 is 12.7. The molecule has 14 heavy (non-hydrogen) atoms. The lowest BCUT2D eigenvalue weighted by Crippen LogP contribution is -2.44. The number of halogens is 1. The molecule has 2 rings (SSSR count). The largest absolute Gasteiger partial charge is 0.363 e. The van der Waals surface area contributed by atoms with E-state index < -0.39 is 0 Å². The molecule has 0 spiro atoms. The smallest absolute Gasteiger partial charge is 0.166 e. The first kappa shape index (κ1) is 9.40. The van der Waals surface area contributed by atoms with Crippen LogP contribution in [0.2, 0.25) is 0 Å². The van der Waals surface area contributed by atoms with Crippen LogP contribution in [0.1, 0.15) is 18.0 Å². The lowest BCUT2D eigenvalue weighted by molar-refractivity contribution is 0.536. The third kappa shape index (κ3) is 2.01. The molecule has 4 heteroatoms. The van der Waals surface area contributed by atoms with Gasteiger partial charge in [0.1, 0.15) is 5.82 Å². The molecule has 0 aliphatic carbocycles. The first-order valence-electron chi connectivity index (χ1n) is 4.55. The number of nitrogens with one attached hydrogen (secondary N) is 2. The van der Waals surface area contributed by atoms with E-state index in [-0.39, 0.29) is 11.9 Å². The first-order chi connectivity index (χ1) is 6.75. The zero-order chi connectivity index (χ0) is 9.97. The van der Waals surface area contributed by atoms with Gasteiger partial charge in [-0.2, -0.15) is 0 Å². The van der Waals surface area contributed by atoms with Crippen LogP contribution in [0, 0.1) is 5.82 Å². The van der Waals surface area contributed by atoms with Gasteiger partial charge in [0.05, 0.1) is 6.04 Å². The van der Waals surface area contributed by atoms with E-state index in [0.717, 1.165) is 18.5 Å². The number of thiocarbonyl (C=S) groups is 1. The normalized spacial score (nSPS) is 21.2. The molecule has 1 heterocycles. The number of benzene rings is 1. The Morgan fingerprint density at radius 1 is 1.29 bits per heavy atom. The quantitative estimate of drug-likeness (QED) is 0.690. The van der Waals surface area contributed by atoms with Crippen LogP contribution in [0.4, 0.5) is 4.39 Å². The lowest BCUT2D eigenvalue weighted by Gasteiger charge is -2.26. The molecule has 74 valence electrons. The van der Waals surface area contributed by atoms with Crippen LogP contribution in [-0.4, -0.2) is 11.7 Å². The number of hydrogen-bond acceptors (Lipinski definition) is 1. The van der Waals surface area contributed by atoms with Gasteiger partial charge in [-0.3, -0.25) is 0 Å². The third-order valence-electron chi connectivity index (χ3n) is 2.30. The van der Waals surface area contributed by atoms with Gasteiger partial charge < -0.3 is 10.6 Å². The molecule has 0 aromatic heterocycles. The Kier molecular flexibility index (Phi) is 2.63. The summed E-state index contributed by atoms with van der Waals surface area (Å²) in [6, 6.07) is 6.75. The van der Waals surface area contributed by atoms with Crippen LogP contribution in [0.3, 0.4) is 0 Å². The highest BCUT2D eigenvalue weighted by Gasteiger charge is 2.16. The molecule has 0 saturated carbocycles. The highest BCUT2D eigenvalue weighted by Crippen LogP contribution is 2.18. The van der Waals surface area contributed by atoms with Crippen LogP contribution in [0.15, 0.2) is 24.3 Å². The summed E-state index contributed by atoms with van der Waals surface area (Å²) in [7, 11) is 0. The van der Waals surface area contributed by atoms with Gasteiger partial charge in [-0.1, -0.05) is 12.1 Å². The second-order valence-corrected chi connectivity index (χ2v) is 3.70. The van der Waals surface area contributed by atoms with E-state index in [1.165, 1.54) is 12.1 Å². The van der Waals surface area contributed by atoms with Crippen molar-refractivity contribution in [2.75, 3.05) is 6.54 Å². The zero-order valence-corrected chi connectivity index (χ0v) is 8.40. The van der Waals surface area contributed by atoms with E-state index >= 15 is 0 Å². The van der Waals surface area contributed by atoms with Gasteiger partial charge >= 0.3 is 0 Å². The molecule has 1 unspecified atom stereocenters. The molecule has 1 atom stereocenters.